The molecule has 4 nitrogen and oxygen atoms in total. The van der Waals surface area contributed by atoms with Gasteiger partial charge in [0.1, 0.15) is 5.75 Å². The van der Waals surface area contributed by atoms with Crippen LogP contribution in [0.15, 0.2) is 12.1 Å². The topological polar surface area (TPSA) is 55.4 Å². The standard InChI is InChI=1S/C13H17NO3/c1-8-5-11(7-14-13(16)10(3)15)12(17-4)6-9(8)2/h5-6H,7H2,1-4H3,(H,14,16). The Labute approximate surface area is 101 Å². The fourth-order valence-electron chi connectivity index (χ4n) is 1.48. The van der Waals surface area contributed by atoms with Gasteiger partial charge in [-0.1, -0.05) is 6.07 Å². The summed E-state index contributed by atoms with van der Waals surface area (Å²) in [7, 11) is 1.58. The molecule has 0 atom stereocenters. The van der Waals surface area contributed by atoms with Crippen molar-refractivity contribution in [1.82, 2.24) is 5.32 Å². The molecule has 0 aliphatic rings. The van der Waals surface area contributed by atoms with Crippen LogP contribution in [0.1, 0.15) is 23.6 Å². The Morgan fingerprint density at radius 2 is 1.82 bits per heavy atom. The van der Waals surface area contributed by atoms with Crippen LogP contribution in [0.2, 0.25) is 0 Å². The third kappa shape index (κ3) is 3.31. The van der Waals surface area contributed by atoms with E-state index in [1.165, 1.54) is 6.92 Å². The van der Waals surface area contributed by atoms with E-state index in [-0.39, 0.29) is 0 Å². The SMILES string of the molecule is COc1cc(C)c(C)cc1CNC(=O)C(C)=O. The Bertz CT molecular complexity index is 452. The molecule has 17 heavy (non-hydrogen) atoms. The molecule has 0 spiro atoms. The molecule has 92 valence electrons. The zero-order chi connectivity index (χ0) is 13.0. The first-order valence-electron chi connectivity index (χ1n) is 5.38. The van der Waals surface area contributed by atoms with Crippen LogP contribution < -0.4 is 10.1 Å². The Balaban J connectivity index is 2.87. The lowest BCUT2D eigenvalue weighted by atomic mass is 10.0. The molecule has 1 aromatic rings. The first-order valence-corrected chi connectivity index (χ1v) is 5.38. The summed E-state index contributed by atoms with van der Waals surface area (Å²) < 4.78 is 5.24. The molecule has 0 fully saturated rings. The van der Waals surface area contributed by atoms with Gasteiger partial charge in [-0.2, -0.15) is 0 Å². The maximum atomic E-state index is 11.2. The Hall–Kier alpha value is -1.84. The normalized spacial score (nSPS) is 9.88. The van der Waals surface area contributed by atoms with Gasteiger partial charge in [0.15, 0.2) is 0 Å². The largest absolute Gasteiger partial charge is 0.496 e. The number of aryl methyl sites for hydroxylation is 2. The van der Waals surface area contributed by atoms with E-state index < -0.39 is 11.7 Å². The van der Waals surface area contributed by atoms with Gasteiger partial charge in [-0.3, -0.25) is 9.59 Å². The number of benzene rings is 1. The van der Waals surface area contributed by atoms with Gasteiger partial charge >= 0.3 is 0 Å². The van der Waals surface area contributed by atoms with Gasteiger partial charge in [-0.15, -0.1) is 0 Å². The maximum Gasteiger partial charge on any atom is 0.287 e. The Morgan fingerprint density at radius 3 is 2.35 bits per heavy atom. The minimum Gasteiger partial charge on any atom is -0.496 e. The molecule has 1 amide bonds. The van der Waals surface area contributed by atoms with Gasteiger partial charge in [0.05, 0.1) is 7.11 Å². The van der Waals surface area contributed by atoms with E-state index in [1.54, 1.807) is 7.11 Å². The molecule has 1 N–H and O–H groups in total. The average molecular weight is 235 g/mol. The zero-order valence-electron chi connectivity index (χ0n) is 10.6. The molecular formula is C13H17NO3. The molecule has 0 saturated heterocycles. The molecule has 0 unspecified atom stereocenters. The van der Waals surface area contributed by atoms with Crippen molar-refractivity contribution in [2.24, 2.45) is 0 Å². The summed E-state index contributed by atoms with van der Waals surface area (Å²) in [5.74, 6) is -0.352. The highest BCUT2D eigenvalue weighted by molar-refractivity contribution is 6.35. The number of hydrogen-bond donors (Lipinski definition) is 1. The fraction of sp³-hybridized carbons (Fsp3) is 0.385. The minimum absolute atomic E-state index is 0.294. The van der Waals surface area contributed by atoms with Gasteiger partial charge in [0.2, 0.25) is 5.78 Å². The summed E-state index contributed by atoms with van der Waals surface area (Å²) >= 11 is 0. The first kappa shape index (κ1) is 13.2. The summed E-state index contributed by atoms with van der Waals surface area (Å²) in [5, 5.41) is 2.55. The van der Waals surface area contributed by atoms with E-state index in [4.69, 9.17) is 4.74 Å². The second-order valence-corrected chi connectivity index (χ2v) is 3.99. The van der Waals surface area contributed by atoms with Crippen LogP contribution in [-0.4, -0.2) is 18.8 Å². The van der Waals surface area contributed by atoms with Gasteiger partial charge < -0.3 is 10.1 Å². The van der Waals surface area contributed by atoms with Gasteiger partial charge in [-0.25, -0.2) is 0 Å². The summed E-state index contributed by atoms with van der Waals surface area (Å²) in [5.41, 5.74) is 3.12. The fourth-order valence-corrected chi connectivity index (χ4v) is 1.48. The predicted octanol–water partition coefficient (Wildman–Crippen LogP) is 1.52. The molecule has 0 aliphatic heterocycles. The first-order chi connectivity index (χ1) is 7.95. The van der Waals surface area contributed by atoms with E-state index >= 15 is 0 Å². The summed E-state index contributed by atoms with van der Waals surface area (Å²) in [6, 6.07) is 3.87. The van der Waals surface area contributed by atoms with Crippen molar-refractivity contribution in [2.75, 3.05) is 7.11 Å². The summed E-state index contributed by atoms with van der Waals surface area (Å²) in [4.78, 5) is 22.0. The quantitative estimate of drug-likeness (QED) is 0.805. The van der Waals surface area contributed by atoms with E-state index in [0.717, 1.165) is 22.4 Å². The second kappa shape index (κ2) is 5.48. The van der Waals surface area contributed by atoms with E-state index in [9.17, 15) is 9.59 Å². The molecule has 4 heteroatoms. The lowest BCUT2D eigenvalue weighted by molar-refractivity contribution is -0.136. The molecule has 1 aromatic carbocycles. The van der Waals surface area contributed by atoms with Crippen LogP contribution in [0.25, 0.3) is 0 Å². The molecule has 0 bridgehead atoms. The van der Waals surface area contributed by atoms with Crippen LogP contribution in [0.3, 0.4) is 0 Å². The number of ether oxygens (including phenoxy) is 1. The van der Waals surface area contributed by atoms with Crippen molar-refractivity contribution in [1.29, 1.82) is 0 Å². The number of carbonyl (C=O) groups excluding carboxylic acids is 2. The van der Waals surface area contributed by atoms with Crippen molar-refractivity contribution >= 4 is 11.7 Å². The van der Waals surface area contributed by atoms with Crippen LogP contribution in [0.4, 0.5) is 0 Å². The Morgan fingerprint density at radius 1 is 1.24 bits per heavy atom. The highest BCUT2D eigenvalue weighted by Gasteiger charge is 2.10. The lowest BCUT2D eigenvalue weighted by Gasteiger charge is -2.12. The van der Waals surface area contributed by atoms with Crippen LogP contribution in [-0.2, 0) is 16.1 Å². The van der Waals surface area contributed by atoms with Crippen molar-refractivity contribution in [3.8, 4) is 5.75 Å². The number of hydrogen-bond acceptors (Lipinski definition) is 3. The number of ketones is 1. The van der Waals surface area contributed by atoms with Crippen LogP contribution >= 0.6 is 0 Å². The molecule has 0 saturated carbocycles. The van der Waals surface area contributed by atoms with Crippen molar-refractivity contribution in [2.45, 2.75) is 27.3 Å². The van der Waals surface area contributed by atoms with Crippen LogP contribution in [0, 0.1) is 13.8 Å². The van der Waals surface area contributed by atoms with Gasteiger partial charge in [0, 0.05) is 19.0 Å². The number of carbonyl (C=O) groups is 2. The minimum atomic E-state index is -0.578. The highest BCUT2D eigenvalue weighted by Crippen LogP contribution is 2.22. The van der Waals surface area contributed by atoms with Gasteiger partial charge in [-0.05, 0) is 31.0 Å². The average Bonchev–Trinajstić information content (AvgIpc) is 2.29. The lowest BCUT2D eigenvalue weighted by Crippen LogP contribution is -2.28. The smallest absolute Gasteiger partial charge is 0.287 e. The van der Waals surface area contributed by atoms with Gasteiger partial charge in [0.25, 0.3) is 5.91 Å². The predicted molar refractivity (Wildman–Crippen MR) is 65.0 cm³/mol. The zero-order valence-corrected chi connectivity index (χ0v) is 10.6. The third-order valence-corrected chi connectivity index (χ3v) is 2.66. The molecule has 0 aliphatic carbocycles. The number of nitrogens with one attached hydrogen (secondary N) is 1. The molecular weight excluding hydrogens is 218 g/mol. The van der Waals surface area contributed by atoms with E-state index in [0.29, 0.717) is 6.54 Å². The molecule has 0 radical (unpaired) electrons. The number of Topliss-reactive ketones (excluding diaryl/α,β-unsaturated/α-hetero) is 1. The van der Waals surface area contributed by atoms with Crippen molar-refractivity contribution in [3.63, 3.8) is 0 Å². The van der Waals surface area contributed by atoms with E-state index in [2.05, 4.69) is 5.32 Å². The summed E-state index contributed by atoms with van der Waals surface area (Å²) in [6.45, 7) is 5.52. The third-order valence-electron chi connectivity index (χ3n) is 2.66. The molecule has 1 rings (SSSR count). The number of methoxy groups -OCH3 is 1. The molecule has 0 aromatic heterocycles. The summed E-state index contributed by atoms with van der Waals surface area (Å²) in [6.07, 6.45) is 0. The number of amides is 1. The highest BCUT2D eigenvalue weighted by atomic mass is 16.5. The van der Waals surface area contributed by atoms with Crippen molar-refractivity contribution in [3.05, 3.63) is 28.8 Å². The Kier molecular flexibility index (Phi) is 4.26. The second-order valence-electron chi connectivity index (χ2n) is 3.99. The van der Waals surface area contributed by atoms with E-state index in [1.807, 2.05) is 26.0 Å². The molecule has 0 heterocycles. The van der Waals surface area contributed by atoms with Crippen LogP contribution in [0.5, 0.6) is 5.75 Å². The van der Waals surface area contributed by atoms with Crippen molar-refractivity contribution < 1.29 is 14.3 Å². The monoisotopic (exact) mass is 235 g/mol. The maximum absolute atomic E-state index is 11.2. The number of rotatable bonds is 4.